The molecule has 1 atom stereocenters. The van der Waals surface area contributed by atoms with Gasteiger partial charge >= 0.3 is 6.03 Å². The van der Waals surface area contributed by atoms with E-state index in [0.717, 1.165) is 36.9 Å². The van der Waals surface area contributed by atoms with Crippen LogP contribution < -0.4 is 20.3 Å². The number of likely N-dealkylation sites (tertiary alicyclic amines) is 1. The summed E-state index contributed by atoms with van der Waals surface area (Å²) in [5.41, 5.74) is 2.07. The maximum atomic E-state index is 13.3. The molecule has 8 nitrogen and oxygen atoms in total. The number of aromatic amines is 1. The summed E-state index contributed by atoms with van der Waals surface area (Å²) in [6.07, 6.45) is 2.18. The SMILES string of the molecule is CCN1CCCC1CN(Cc1cc2cc3c(cc2[nH]c1=O)OCCO3)C(=O)NCc1ccccc1. The van der Waals surface area contributed by atoms with Gasteiger partial charge in [-0.15, -0.1) is 0 Å². The van der Waals surface area contributed by atoms with Crippen LogP contribution in [0.1, 0.15) is 30.9 Å². The Labute approximate surface area is 204 Å². The zero-order chi connectivity index (χ0) is 24.2. The summed E-state index contributed by atoms with van der Waals surface area (Å²) in [5, 5.41) is 3.89. The topological polar surface area (TPSA) is 86.9 Å². The number of pyridine rings is 1. The van der Waals surface area contributed by atoms with Crippen molar-refractivity contribution in [2.75, 3.05) is 32.8 Å². The fourth-order valence-corrected chi connectivity index (χ4v) is 4.99. The van der Waals surface area contributed by atoms with Gasteiger partial charge < -0.3 is 24.7 Å². The number of aromatic nitrogens is 1. The first-order valence-corrected chi connectivity index (χ1v) is 12.4. The number of fused-ring (bicyclic) bond motifs is 2. The van der Waals surface area contributed by atoms with Crippen molar-refractivity contribution in [2.24, 2.45) is 0 Å². The first-order chi connectivity index (χ1) is 17.1. The quantitative estimate of drug-likeness (QED) is 0.545. The lowest BCUT2D eigenvalue weighted by Crippen LogP contribution is -2.47. The number of ether oxygens (including phenoxy) is 2. The van der Waals surface area contributed by atoms with Gasteiger partial charge in [0.25, 0.3) is 5.56 Å². The summed E-state index contributed by atoms with van der Waals surface area (Å²) >= 11 is 0. The largest absolute Gasteiger partial charge is 0.486 e. The maximum Gasteiger partial charge on any atom is 0.318 e. The van der Waals surface area contributed by atoms with Crippen molar-refractivity contribution in [1.82, 2.24) is 20.1 Å². The summed E-state index contributed by atoms with van der Waals surface area (Å²) in [6.45, 7) is 6.39. The molecular weight excluding hydrogens is 444 g/mol. The van der Waals surface area contributed by atoms with Gasteiger partial charge in [-0.05, 0) is 43.6 Å². The summed E-state index contributed by atoms with van der Waals surface area (Å²) < 4.78 is 11.4. The molecule has 0 aliphatic carbocycles. The van der Waals surface area contributed by atoms with Crippen LogP contribution in [-0.4, -0.2) is 59.7 Å². The third-order valence-corrected chi connectivity index (χ3v) is 6.86. The van der Waals surface area contributed by atoms with Crippen molar-refractivity contribution in [1.29, 1.82) is 0 Å². The Morgan fingerprint density at radius 3 is 2.69 bits per heavy atom. The molecule has 2 N–H and O–H groups in total. The van der Waals surface area contributed by atoms with Gasteiger partial charge in [-0.1, -0.05) is 37.3 Å². The molecule has 184 valence electrons. The maximum absolute atomic E-state index is 13.3. The Balaban J connectivity index is 1.39. The Bertz CT molecular complexity index is 1240. The van der Waals surface area contributed by atoms with E-state index in [-0.39, 0.29) is 18.1 Å². The van der Waals surface area contributed by atoms with Crippen LogP contribution in [0.4, 0.5) is 4.79 Å². The number of hydrogen-bond donors (Lipinski definition) is 2. The Morgan fingerprint density at radius 1 is 1.14 bits per heavy atom. The summed E-state index contributed by atoms with van der Waals surface area (Å²) in [5.74, 6) is 1.30. The van der Waals surface area contributed by atoms with E-state index in [1.165, 1.54) is 0 Å². The minimum atomic E-state index is -0.200. The summed E-state index contributed by atoms with van der Waals surface area (Å²) in [6, 6.07) is 15.5. The summed E-state index contributed by atoms with van der Waals surface area (Å²) in [4.78, 5) is 33.5. The molecule has 35 heavy (non-hydrogen) atoms. The molecule has 3 heterocycles. The number of H-pyrrole nitrogens is 1. The van der Waals surface area contributed by atoms with E-state index in [9.17, 15) is 9.59 Å². The van der Waals surface area contributed by atoms with E-state index in [0.29, 0.717) is 54.9 Å². The van der Waals surface area contributed by atoms with E-state index in [1.807, 2.05) is 42.5 Å². The van der Waals surface area contributed by atoms with Gasteiger partial charge in [-0.25, -0.2) is 4.79 Å². The molecule has 1 aromatic heterocycles. The van der Waals surface area contributed by atoms with E-state index in [4.69, 9.17) is 9.47 Å². The lowest BCUT2D eigenvalue weighted by Gasteiger charge is -2.30. The van der Waals surface area contributed by atoms with E-state index < -0.39 is 0 Å². The molecule has 0 bridgehead atoms. The minimum absolute atomic E-state index is 0.168. The third-order valence-electron chi connectivity index (χ3n) is 6.86. The zero-order valence-corrected chi connectivity index (χ0v) is 20.1. The van der Waals surface area contributed by atoms with Gasteiger partial charge in [0.15, 0.2) is 11.5 Å². The van der Waals surface area contributed by atoms with Crippen molar-refractivity contribution in [3.63, 3.8) is 0 Å². The van der Waals surface area contributed by atoms with Gasteiger partial charge in [0.05, 0.1) is 12.1 Å². The van der Waals surface area contributed by atoms with Gasteiger partial charge in [-0.3, -0.25) is 9.69 Å². The Kier molecular flexibility index (Phi) is 6.90. The molecule has 2 aliphatic rings. The highest BCUT2D eigenvalue weighted by atomic mass is 16.6. The second-order valence-corrected chi connectivity index (χ2v) is 9.16. The Morgan fingerprint density at radius 2 is 1.91 bits per heavy atom. The van der Waals surface area contributed by atoms with Crippen LogP contribution in [0.5, 0.6) is 11.5 Å². The molecule has 0 spiro atoms. The van der Waals surface area contributed by atoms with Gasteiger partial charge in [0, 0.05) is 36.1 Å². The van der Waals surface area contributed by atoms with Gasteiger partial charge in [0.2, 0.25) is 0 Å². The highest BCUT2D eigenvalue weighted by molar-refractivity contribution is 5.83. The molecule has 5 rings (SSSR count). The van der Waals surface area contributed by atoms with Crippen LogP contribution in [0.15, 0.2) is 53.3 Å². The zero-order valence-electron chi connectivity index (χ0n) is 20.1. The second-order valence-electron chi connectivity index (χ2n) is 9.16. The van der Waals surface area contributed by atoms with Crippen molar-refractivity contribution in [3.05, 3.63) is 70.0 Å². The number of likely N-dealkylation sites (N-methyl/N-ethyl adjacent to an activating group) is 1. The van der Waals surface area contributed by atoms with Crippen LogP contribution in [0, 0.1) is 0 Å². The number of nitrogens with zero attached hydrogens (tertiary/aromatic N) is 2. The molecule has 1 fully saturated rings. The average Bonchev–Trinajstić information content (AvgIpc) is 3.34. The van der Waals surface area contributed by atoms with Crippen molar-refractivity contribution in [2.45, 2.75) is 38.9 Å². The number of urea groups is 1. The molecule has 2 amide bonds. The highest BCUT2D eigenvalue weighted by Crippen LogP contribution is 2.33. The summed E-state index contributed by atoms with van der Waals surface area (Å²) in [7, 11) is 0. The lowest BCUT2D eigenvalue weighted by molar-refractivity contribution is 0.164. The number of nitrogens with one attached hydrogen (secondary N) is 2. The van der Waals surface area contributed by atoms with Crippen LogP contribution >= 0.6 is 0 Å². The predicted molar refractivity (Wildman–Crippen MR) is 135 cm³/mol. The fourth-order valence-electron chi connectivity index (χ4n) is 4.99. The smallest absolute Gasteiger partial charge is 0.318 e. The van der Waals surface area contributed by atoms with Crippen LogP contribution in [0.25, 0.3) is 10.9 Å². The lowest BCUT2D eigenvalue weighted by atomic mass is 10.1. The van der Waals surface area contributed by atoms with Crippen molar-refractivity contribution < 1.29 is 14.3 Å². The monoisotopic (exact) mass is 476 g/mol. The number of amides is 2. The van der Waals surface area contributed by atoms with Crippen LogP contribution in [-0.2, 0) is 13.1 Å². The highest BCUT2D eigenvalue weighted by Gasteiger charge is 2.28. The average molecular weight is 477 g/mol. The third kappa shape index (κ3) is 5.27. The number of carbonyl (C=O) groups is 1. The standard InChI is InChI=1S/C27H32N4O4/c1-2-30-10-6-9-22(30)18-31(27(33)28-16-19-7-4-3-5-8-19)17-21-13-20-14-24-25(35-12-11-34-24)15-23(20)29-26(21)32/h3-5,7-8,13-15,22H,2,6,9-12,16-18H2,1H3,(H,28,33)(H,29,32). The number of carbonyl (C=O) groups excluding carboxylic acids is 1. The van der Waals surface area contributed by atoms with Crippen molar-refractivity contribution >= 4 is 16.9 Å². The normalized spacial score (nSPS) is 17.5. The molecule has 1 unspecified atom stereocenters. The number of hydrogen-bond acceptors (Lipinski definition) is 5. The van der Waals surface area contributed by atoms with Gasteiger partial charge in [-0.2, -0.15) is 0 Å². The van der Waals surface area contributed by atoms with E-state index in [1.54, 1.807) is 11.0 Å². The fraction of sp³-hybridized carbons (Fsp3) is 0.407. The number of rotatable bonds is 7. The first-order valence-electron chi connectivity index (χ1n) is 12.4. The molecular formula is C27H32N4O4. The molecule has 0 saturated carbocycles. The number of benzene rings is 2. The molecule has 8 heteroatoms. The second kappa shape index (κ2) is 10.4. The van der Waals surface area contributed by atoms with E-state index >= 15 is 0 Å². The molecule has 2 aliphatic heterocycles. The first kappa shape index (κ1) is 23.2. The predicted octanol–water partition coefficient (Wildman–Crippen LogP) is 3.50. The van der Waals surface area contributed by atoms with Crippen molar-refractivity contribution in [3.8, 4) is 11.5 Å². The van der Waals surface area contributed by atoms with E-state index in [2.05, 4.69) is 22.1 Å². The van der Waals surface area contributed by atoms with Crippen LogP contribution in [0.3, 0.4) is 0 Å². The minimum Gasteiger partial charge on any atom is -0.486 e. The van der Waals surface area contributed by atoms with Gasteiger partial charge in [0.1, 0.15) is 13.2 Å². The Hall–Kier alpha value is -3.52. The molecule has 2 aromatic carbocycles. The molecule has 0 radical (unpaired) electrons. The van der Waals surface area contributed by atoms with Crippen LogP contribution in [0.2, 0.25) is 0 Å². The molecule has 1 saturated heterocycles. The molecule has 3 aromatic rings.